The van der Waals surface area contributed by atoms with Gasteiger partial charge in [-0.1, -0.05) is 20.8 Å². The highest BCUT2D eigenvalue weighted by Gasteiger charge is 2.31. The van der Waals surface area contributed by atoms with Gasteiger partial charge in [-0.25, -0.2) is 0 Å². The first kappa shape index (κ1) is 11.0. The molecule has 1 fully saturated rings. The number of nitrogens with one attached hydrogen (secondary N) is 1. The molecule has 78 valence electrons. The Morgan fingerprint density at radius 2 is 2.08 bits per heavy atom. The minimum Gasteiger partial charge on any atom is -0.327 e. The molecule has 13 heavy (non-hydrogen) atoms. The third-order valence-electron chi connectivity index (χ3n) is 2.86. The van der Waals surface area contributed by atoms with E-state index in [-0.39, 0.29) is 0 Å². The van der Waals surface area contributed by atoms with Gasteiger partial charge in [0.2, 0.25) is 0 Å². The van der Waals surface area contributed by atoms with Crippen molar-refractivity contribution in [2.75, 3.05) is 13.1 Å². The Hall–Kier alpha value is -0.0800. The van der Waals surface area contributed by atoms with Crippen LogP contribution in [0.3, 0.4) is 0 Å². The summed E-state index contributed by atoms with van der Waals surface area (Å²) in [4.78, 5) is 0. The Morgan fingerprint density at radius 1 is 1.46 bits per heavy atom. The fourth-order valence-corrected chi connectivity index (χ4v) is 1.83. The summed E-state index contributed by atoms with van der Waals surface area (Å²) in [5, 5.41) is 3.46. The van der Waals surface area contributed by atoms with Gasteiger partial charge in [0.15, 0.2) is 0 Å². The molecule has 1 rings (SSSR count). The Morgan fingerprint density at radius 3 is 2.54 bits per heavy atom. The Kier molecular flexibility index (Phi) is 4.20. The highest BCUT2D eigenvalue weighted by molar-refractivity contribution is 4.84. The molecule has 0 spiro atoms. The second kappa shape index (κ2) is 4.97. The monoisotopic (exact) mass is 184 g/mol. The highest BCUT2D eigenvalue weighted by atomic mass is 14.9. The van der Waals surface area contributed by atoms with E-state index in [0.717, 1.165) is 30.7 Å². The molecule has 2 heteroatoms. The quantitative estimate of drug-likeness (QED) is 0.658. The molecule has 0 aromatic rings. The second-order valence-corrected chi connectivity index (χ2v) is 5.02. The predicted molar refractivity (Wildman–Crippen MR) is 57.6 cm³/mol. The molecule has 0 aromatic heterocycles. The molecule has 2 nitrogen and oxygen atoms in total. The molecule has 0 saturated heterocycles. The number of rotatable bonds is 6. The van der Waals surface area contributed by atoms with Gasteiger partial charge in [0.25, 0.3) is 0 Å². The van der Waals surface area contributed by atoms with Gasteiger partial charge < -0.3 is 11.1 Å². The van der Waals surface area contributed by atoms with Crippen LogP contribution in [0.4, 0.5) is 0 Å². The van der Waals surface area contributed by atoms with Crippen LogP contribution in [0.1, 0.15) is 33.6 Å². The summed E-state index contributed by atoms with van der Waals surface area (Å²) in [5.41, 5.74) is 5.95. The molecule has 0 bridgehead atoms. The molecule has 0 amide bonds. The third kappa shape index (κ3) is 4.63. The SMILES string of the molecule is CC(C)CC(N)CNCC1CC1C. The first-order valence-corrected chi connectivity index (χ1v) is 5.56. The third-order valence-corrected chi connectivity index (χ3v) is 2.86. The zero-order valence-corrected chi connectivity index (χ0v) is 9.22. The van der Waals surface area contributed by atoms with Crippen LogP contribution >= 0.6 is 0 Å². The zero-order chi connectivity index (χ0) is 9.84. The van der Waals surface area contributed by atoms with E-state index in [9.17, 15) is 0 Å². The van der Waals surface area contributed by atoms with Crippen molar-refractivity contribution in [3.05, 3.63) is 0 Å². The van der Waals surface area contributed by atoms with Crippen molar-refractivity contribution < 1.29 is 0 Å². The molecular formula is C11H24N2. The molecule has 0 aliphatic heterocycles. The van der Waals surface area contributed by atoms with Crippen LogP contribution in [-0.4, -0.2) is 19.1 Å². The lowest BCUT2D eigenvalue weighted by molar-refractivity contribution is 0.461. The molecule has 3 N–H and O–H groups in total. The van der Waals surface area contributed by atoms with Gasteiger partial charge >= 0.3 is 0 Å². The Balaban J connectivity index is 1.92. The summed E-state index contributed by atoms with van der Waals surface area (Å²) in [7, 11) is 0. The molecule has 0 aromatic carbocycles. The molecule has 0 radical (unpaired) electrons. The molecule has 1 aliphatic carbocycles. The minimum atomic E-state index is 0.342. The second-order valence-electron chi connectivity index (χ2n) is 5.02. The van der Waals surface area contributed by atoms with Gasteiger partial charge in [0.05, 0.1) is 0 Å². The highest BCUT2D eigenvalue weighted by Crippen LogP contribution is 2.36. The van der Waals surface area contributed by atoms with E-state index in [0.29, 0.717) is 6.04 Å². The number of nitrogens with two attached hydrogens (primary N) is 1. The smallest absolute Gasteiger partial charge is 0.0167 e. The van der Waals surface area contributed by atoms with Crippen molar-refractivity contribution in [2.45, 2.75) is 39.7 Å². The lowest BCUT2D eigenvalue weighted by atomic mass is 10.0. The molecule has 1 aliphatic rings. The van der Waals surface area contributed by atoms with Crippen molar-refractivity contribution in [3.8, 4) is 0 Å². The topological polar surface area (TPSA) is 38.0 Å². The van der Waals surface area contributed by atoms with Crippen molar-refractivity contribution in [1.82, 2.24) is 5.32 Å². The van der Waals surface area contributed by atoms with Crippen LogP contribution in [0.5, 0.6) is 0 Å². The molecule has 3 unspecified atom stereocenters. The van der Waals surface area contributed by atoms with Gasteiger partial charge in [0, 0.05) is 12.6 Å². The lowest BCUT2D eigenvalue weighted by Crippen LogP contribution is -2.35. The maximum absolute atomic E-state index is 5.95. The van der Waals surface area contributed by atoms with Gasteiger partial charge in [0.1, 0.15) is 0 Å². The molecule has 3 atom stereocenters. The van der Waals surface area contributed by atoms with Crippen LogP contribution in [0.15, 0.2) is 0 Å². The molecular weight excluding hydrogens is 160 g/mol. The van der Waals surface area contributed by atoms with E-state index < -0.39 is 0 Å². The van der Waals surface area contributed by atoms with Crippen molar-refractivity contribution in [1.29, 1.82) is 0 Å². The standard InChI is InChI=1S/C11H24N2/c1-8(2)4-11(12)7-13-6-10-5-9(10)3/h8-11,13H,4-7,12H2,1-3H3. The van der Waals surface area contributed by atoms with Crippen LogP contribution in [0, 0.1) is 17.8 Å². The maximum Gasteiger partial charge on any atom is 0.0167 e. The van der Waals surface area contributed by atoms with Crippen molar-refractivity contribution in [2.24, 2.45) is 23.5 Å². The summed E-state index contributed by atoms with van der Waals surface area (Å²) in [6, 6.07) is 0.342. The fourth-order valence-electron chi connectivity index (χ4n) is 1.83. The predicted octanol–water partition coefficient (Wildman–Crippen LogP) is 1.61. The van der Waals surface area contributed by atoms with E-state index >= 15 is 0 Å². The fraction of sp³-hybridized carbons (Fsp3) is 1.00. The summed E-state index contributed by atoms with van der Waals surface area (Å²) >= 11 is 0. The molecule has 0 heterocycles. The van der Waals surface area contributed by atoms with Crippen LogP contribution in [0.25, 0.3) is 0 Å². The van der Waals surface area contributed by atoms with Gasteiger partial charge in [-0.15, -0.1) is 0 Å². The number of hydrogen-bond donors (Lipinski definition) is 2. The van der Waals surface area contributed by atoms with E-state index in [4.69, 9.17) is 5.73 Å². The average molecular weight is 184 g/mol. The van der Waals surface area contributed by atoms with E-state index in [1.165, 1.54) is 13.0 Å². The van der Waals surface area contributed by atoms with E-state index in [1.807, 2.05) is 0 Å². The largest absolute Gasteiger partial charge is 0.327 e. The molecule has 1 saturated carbocycles. The minimum absolute atomic E-state index is 0.342. The average Bonchev–Trinajstić information content (AvgIpc) is 2.64. The summed E-state index contributed by atoms with van der Waals surface area (Å²) < 4.78 is 0. The van der Waals surface area contributed by atoms with Crippen LogP contribution < -0.4 is 11.1 Å². The van der Waals surface area contributed by atoms with Crippen LogP contribution in [-0.2, 0) is 0 Å². The first-order chi connectivity index (χ1) is 6.09. The zero-order valence-electron chi connectivity index (χ0n) is 9.22. The van der Waals surface area contributed by atoms with Crippen molar-refractivity contribution in [3.63, 3.8) is 0 Å². The van der Waals surface area contributed by atoms with Gasteiger partial charge in [-0.3, -0.25) is 0 Å². The maximum atomic E-state index is 5.95. The normalized spacial score (nSPS) is 29.3. The van der Waals surface area contributed by atoms with Gasteiger partial charge in [-0.05, 0) is 37.1 Å². The van der Waals surface area contributed by atoms with E-state index in [1.54, 1.807) is 0 Å². The van der Waals surface area contributed by atoms with E-state index in [2.05, 4.69) is 26.1 Å². The summed E-state index contributed by atoms with van der Waals surface area (Å²) in [6.45, 7) is 8.93. The van der Waals surface area contributed by atoms with Crippen molar-refractivity contribution >= 4 is 0 Å². The first-order valence-electron chi connectivity index (χ1n) is 5.56. The Labute approximate surface area is 82.3 Å². The Bertz CT molecular complexity index is 145. The summed E-state index contributed by atoms with van der Waals surface area (Å²) in [5.74, 6) is 2.61. The lowest BCUT2D eigenvalue weighted by Gasteiger charge is -2.14. The van der Waals surface area contributed by atoms with Gasteiger partial charge in [-0.2, -0.15) is 0 Å². The van der Waals surface area contributed by atoms with Crippen LogP contribution in [0.2, 0.25) is 0 Å². The summed E-state index contributed by atoms with van der Waals surface area (Å²) in [6.07, 6.45) is 2.54. The number of hydrogen-bond acceptors (Lipinski definition) is 2.